The molecule has 0 aliphatic carbocycles. The van der Waals surface area contributed by atoms with Crippen molar-refractivity contribution in [1.82, 2.24) is 10.2 Å². The molecule has 1 amide bonds. The Balaban J connectivity index is 4.10. The van der Waals surface area contributed by atoms with E-state index in [1.54, 1.807) is 6.92 Å². The average molecular weight is 404 g/mol. The van der Waals surface area contributed by atoms with Gasteiger partial charge in [-0.05, 0) is 19.9 Å². The van der Waals surface area contributed by atoms with E-state index in [1.165, 1.54) is 0 Å². The summed E-state index contributed by atoms with van der Waals surface area (Å²) in [5.74, 6) is -0.832. The largest absolute Gasteiger partial charge is 0.465 e. The van der Waals surface area contributed by atoms with Gasteiger partial charge in [-0.15, -0.1) is 0 Å². The van der Waals surface area contributed by atoms with Crippen molar-refractivity contribution in [3.8, 4) is 0 Å². The van der Waals surface area contributed by atoms with Crippen molar-refractivity contribution in [3.05, 3.63) is 12.2 Å². The Hall–Kier alpha value is -1.66. The smallest absolute Gasteiger partial charge is 0.409 e. The Morgan fingerprint density at radius 1 is 1.15 bits per heavy atom. The van der Waals surface area contributed by atoms with Gasteiger partial charge in [-0.3, -0.25) is 4.79 Å². The first-order valence-corrected chi connectivity index (χ1v) is 9.62. The molecule has 0 saturated carbocycles. The topological polar surface area (TPSA) is 94.2 Å². The lowest BCUT2D eigenvalue weighted by atomic mass is 10.2. The summed E-state index contributed by atoms with van der Waals surface area (Å²) in [5.41, 5.74) is 0.340. The third-order valence-corrected chi connectivity index (χ3v) is 3.85. The van der Waals surface area contributed by atoms with Crippen LogP contribution in [-0.2, 0) is 23.6 Å². The van der Waals surface area contributed by atoms with Gasteiger partial charge in [0, 0.05) is 31.1 Å². The minimum Gasteiger partial charge on any atom is -0.465 e. The molecular formula is C18H33N2O6P. The third kappa shape index (κ3) is 14.1. The van der Waals surface area contributed by atoms with Gasteiger partial charge in [-0.25, -0.2) is 9.59 Å². The van der Waals surface area contributed by atoms with Crippen LogP contribution in [0, 0.1) is 5.92 Å². The number of unbranched alkanes of at least 4 members (excludes halogenated alkanes) is 1. The van der Waals surface area contributed by atoms with Crippen LogP contribution in [0.15, 0.2) is 12.2 Å². The van der Waals surface area contributed by atoms with Crippen molar-refractivity contribution in [1.29, 1.82) is 0 Å². The molecule has 8 nitrogen and oxygen atoms in total. The van der Waals surface area contributed by atoms with Crippen molar-refractivity contribution in [2.75, 3.05) is 39.4 Å². The summed E-state index contributed by atoms with van der Waals surface area (Å²) in [6.45, 7) is 11.9. The molecule has 0 aliphatic heterocycles. The lowest BCUT2D eigenvalue weighted by Crippen LogP contribution is -2.36. The normalized spacial score (nSPS) is 11.6. The van der Waals surface area contributed by atoms with E-state index in [9.17, 15) is 14.4 Å². The maximum atomic E-state index is 11.9. The van der Waals surface area contributed by atoms with Crippen LogP contribution in [0.3, 0.4) is 0 Å². The number of nitrogens with zero attached hydrogens (tertiary/aromatic N) is 1. The molecule has 0 aromatic heterocycles. The maximum absolute atomic E-state index is 11.9. The lowest BCUT2D eigenvalue weighted by molar-refractivity contribution is -0.147. The predicted molar refractivity (Wildman–Crippen MR) is 106 cm³/mol. The van der Waals surface area contributed by atoms with Crippen molar-refractivity contribution in [2.24, 2.45) is 5.92 Å². The van der Waals surface area contributed by atoms with Crippen LogP contribution in [-0.4, -0.2) is 62.3 Å². The number of hydrogen-bond donors (Lipinski definition) is 1. The second-order valence-electron chi connectivity index (χ2n) is 6.44. The van der Waals surface area contributed by atoms with Crippen molar-refractivity contribution >= 4 is 27.5 Å². The number of esters is 2. The van der Waals surface area contributed by atoms with Gasteiger partial charge < -0.3 is 24.2 Å². The summed E-state index contributed by atoms with van der Waals surface area (Å²) in [5, 5.41) is 2.61. The van der Waals surface area contributed by atoms with Crippen molar-refractivity contribution < 1.29 is 28.4 Å². The molecule has 2 atom stereocenters. The molecule has 0 fully saturated rings. The molecule has 0 aromatic carbocycles. The fourth-order valence-corrected chi connectivity index (χ4v) is 2.10. The van der Waals surface area contributed by atoms with E-state index in [0.717, 1.165) is 19.4 Å². The summed E-state index contributed by atoms with van der Waals surface area (Å²) in [4.78, 5) is 36.4. The molecule has 0 aliphatic rings. The molecule has 1 N–H and O–H groups in total. The molecule has 0 bridgehead atoms. The molecule has 156 valence electrons. The Labute approximate surface area is 164 Å². The molecule has 0 saturated heterocycles. The highest BCUT2D eigenvalue weighted by Gasteiger charge is 2.13. The summed E-state index contributed by atoms with van der Waals surface area (Å²) < 4.78 is 14.7. The number of hydrogen-bond acceptors (Lipinski definition) is 7. The summed E-state index contributed by atoms with van der Waals surface area (Å²) >= 11 is 0. The quantitative estimate of drug-likeness (QED) is 0.270. The van der Waals surface area contributed by atoms with E-state index in [1.807, 2.05) is 16.4 Å². The van der Waals surface area contributed by atoms with E-state index in [0.29, 0.717) is 25.2 Å². The van der Waals surface area contributed by atoms with Crippen LogP contribution >= 0.6 is 9.47 Å². The van der Waals surface area contributed by atoms with E-state index >= 15 is 0 Å². The van der Waals surface area contributed by atoms with Crippen LogP contribution < -0.4 is 5.32 Å². The molecule has 9 heteroatoms. The molecule has 0 aromatic rings. The molecule has 0 spiro atoms. The first kappa shape index (κ1) is 25.3. The summed E-state index contributed by atoms with van der Waals surface area (Å²) in [7, 11) is 1.89. The molecule has 0 radical (unpaired) electrons. The Kier molecular flexibility index (Phi) is 14.5. The first-order valence-electron chi connectivity index (χ1n) is 9.15. The number of carbonyl (C=O) groups is 3. The molecular weight excluding hydrogens is 371 g/mol. The van der Waals surface area contributed by atoms with E-state index < -0.39 is 12.1 Å². The molecule has 2 unspecified atom stereocenters. The van der Waals surface area contributed by atoms with E-state index in [2.05, 4.69) is 28.2 Å². The Morgan fingerprint density at radius 2 is 1.81 bits per heavy atom. The maximum Gasteiger partial charge on any atom is 0.409 e. The van der Waals surface area contributed by atoms with Gasteiger partial charge in [-0.1, -0.05) is 26.8 Å². The monoisotopic (exact) mass is 404 g/mol. The lowest BCUT2D eigenvalue weighted by Gasteiger charge is -2.22. The molecule has 0 rings (SSSR count). The van der Waals surface area contributed by atoms with Gasteiger partial charge in [0.25, 0.3) is 0 Å². The Bertz CT molecular complexity index is 486. The first-order chi connectivity index (χ1) is 12.8. The van der Waals surface area contributed by atoms with Gasteiger partial charge in [-0.2, -0.15) is 0 Å². The number of nitrogens with one attached hydrogen (secondary N) is 1. The van der Waals surface area contributed by atoms with Crippen LogP contribution in [0.5, 0.6) is 0 Å². The zero-order valence-corrected chi connectivity index (χ0v) is 17.8. The molecule has 27 heavy (non-hydrogen) atoms. The van der Waals surface area contributed by atoms with Crippen molar-refractivity contribution in [3.63, 3.8) is 0 Å². The van der Waals surface area contributed by atoms with Gasteiger partial charge in [0.15, 0.2) is 0 Å². The van der Waals surface area contributed by atoms with E-state index in [-0.39, 0.29) is 31.5 Å². The van der Waals surface area contributed by atoms with Gasteiger partial charge in [0.2, 0.25) is 0 Å². The number of rotatable bonds is 14. The van der Waals surface area contributed by atoms with E-state index in [4.69, 9.17) is 9.47 Å². The van der Waals surface area contributed by atoms with Crippen LogP contribution in [0.1, 0.15) is 40.0 Å². The standard InChI is InChI=1S/C18H33N2O6P/c1-5-6-9-20(11-8-19-18(23)26-27)10-7-16(21)24-12-15(4)13-25-17(22)14(2)3/h15H,2,5-13,27H2,1,3-4H3,(H,19,23). The third-order valence-electron chi connectivity index (χ3n) is 3.64. The minimum atomic E-state index is -0.504. The second kappa shape index (κ2) is 15.4. The zero-order valence-electron chi connectivity index (χ0n) is 16.6. The zero-order chi connectivity index (χ0) is 20.7. The highest BCUT2D eigenvalue weighted by Crippen LogP contribution is 2.03. The fraction of sp³-hybridized carbons (Fsp3) is 0.722. The van der Waals surface area contributed by atoms with Crippen molar-refractivity contribution in [2.45, 2.75) is 40.0 Å². The summed E-state index contributed by atoms with van der Waals surface area (Å²) in [6, 6.07) is 0. The number of ether oxygens (including phenoxy) is 2. The highest BCUT2D eigenvalue weighted by molar-refractivity contribution is 7.10. The van der Waals surface area contributed by atoms with Gasteiger partial charge in [0.1, 0.15) is 0 Å². The summed E-state index contributed by atoms with van der Waals surface area (Å²) in [6.07, 6.45) is 1.81. The SMILES string of the molecule is C=C(C)C(=O)OCC(C)COC(=O)CCN(CCCC)CCNC(=O)OP. The Morgan fingerprint density at radius 3 is 2.41 bits per heavy atom. The van der Waals surface area contributed by atoms with Crippen LogP contribution in [0.2, 0.25) is 0 Å². The minimum absolute atomic E-state index is 0.0874. The van der Waals surface area contributed by atoms with Crippen LogP contribution in [0.4, 0.5) is 4.79 Å². The van der Waals surface area contributed by atoms with Crippen LogP contribution in [0.25, 0.3) is 0 Å². The fourth-order valence-electron chi connectivity index (χ4n) is 2.02. The highest BCUT2D eigenvalue weighted by atomic mass is 31.0. The predicted octanol–water partition coefficient (Wildman–Crippen LogP) is 2.29. The average Bonchev–Trinajstić information content (AvgIpc) is 2.65. The number of carbonyl (C=O) groups excluding carboxylic acids is 3. The van der Waals surface area contributed by atoms with Gasteiger partial charge in [0.05, 0.1) is 29.1 Å². The molecule has 0 heterocycles. The van der Waals surface area contributed by atoms with Gasteiger partial charge >= 0.3 is 18.0 Å². The number of amides is 1. The second-order valence-corrected chi connectivity index (χ2v) is 6.68.